The first-order valence-corrected chi connectivity index (χ1v) is 5.43. The molecule has 3 heteroatoms. The van der Waals surface area contributed by atoms with Crippen molar-refractivity contribution in [2.75, 3.05) is 13.7 Å². The van der Waals surface area contributed by atoms with E-state index in [2.05, 4.69) is 17.5 Å². The minimum absolute atomic E-state index is 0.133. The average Bonchev–Trinajstić information content (AvgIpc) is 2.23. The number of rotatable bonds is 5. The van der Waals surface area contributed by atoms with Crippen LogP contribution >= 0.6 is 0 Å². The lowest BCUT2D eigenvalue weighted by Crippen LogP contribution is -2.25. The highest BCUT2D eigenvalue weighted by atomic mass is 16.5. The van der Waals surface area contributed by atoms with Crippen LogP contribution < -0.4 is 10.1 Å². The number of ether oxygens (including phenoxy) is 1. The standard InChI is InChI=1S/C13H18N2O/c1-10-6-11(2)8-13(7-10)16-5-4-12(9-14)15-3/h6-8,12,15H,4-5H2,1-3H3. The number of nitriles is 1. The number of nitrogens with zero attached hydrogens (tertiary/aromatic N) is 1. The van der Waals surface area contributed by atoms with Crippen LogP contribution in [0.3, 0.4) is 0 Å². The van der Waals surface area contributed by atoms with Gasteiger partial charge in [0.1, 0.15) is 5.75 Å². The van der Waals surface area contributed by atoms with Crippen LogP contribution in [0.2, 0.25) is 0 Å². The molecule has 3 nitrogen and oxygen atoms in total. The molecule has 0 saturated carbocycles. The lowest BCUT2D eigenvalue weighted by atomic mass is 10.1. The van der Waals surface area contributed by atoms with Crippen LogP contribution in [-0.4, -0.2) is 19.7 Å². The van der Waals surface area contributed by atoms with Crippen LogP contribution in [0.4, 0.5) is 0 Å². The molecule has 16 heavy (non-hydrogen) atoms. The number of hydrogen-bond donors (Lipinski definition) is 1. The van der Waals surface area contributed by atoms with Gasteiger partial charge in [0.2, 0.25) is 0 Å². The summed E-state index contributed by atoms with van der Waals surface area (Å²) in [4.78, 5) is 0. The molecule has 0 radical (unpaired) electrons. The Morgan fingerprint density at radius 2 is 1.94 bits per heavy atom. The van der Waals surface area contributed by atoms with Crippen LogP contribution in [0.15, 0.2) is 18.2 Å². The van der Waals surface area contributed by atoms with Gasteiger partial charge in [0, 0.05) is 6.42 Å². The number of aryl methyl sites for hydroxylation is 2. The molecule has 0 aliphatic rings. The van der Waals surface area contributed by atoms with Gasteiger partial charge in [-0.25, -0.2) is 0 Å². The summed E-state index contributed by atoms with van der Waals surface area (Å²) < 4.78 is 5.61. The van der Waals surface area contributed by atoms with E-state index in [1.165, 1.54) is 11.1 Å². The second kappa shape index (κ2) is 6.14. The van der Waals surface area contributed by atoms with E-state index >= 15 is 0 Å². The number of benzene rings is 1. The Morgan fingerprint density at radius 1 is 1.31 bits per heavy atom. The van der Waals surface area contributed by atoms with Gasteiger partial charge < -0.3 is 10.1 Å². The summed E-state index contributed by atoms with van der Waals surface area (Å²) in [5.41, 5.74) is 2.39. The Hall–Kier alpha value is -1.53. The Bertz CT molecular complexity index is 362. The van der Waals surface area contributed by atoms with Gasteiger partial charge in [0.25, 0.3) is 0 Å². The third-order valence-corrected chi connectivity index (χ3v) is 2.37. The van der Waals surface area contributed by atoms with Crippen molar-refractivity contribution in [3.63, 3.8) is 0 Å². The zero-order chi connectivity index (χ0) is 12.0. The van der Waals surface area contributed by atoms with Gasteiger partial charge in [-0.15, -0.1) is 0 Å². The molecule has 0 saturated heterocycles. The maximum atomic E-state index is 8.74. The number of hydrogen-bond acceptors (Lipinski definition) is 3. The van der Waals surface area contributed by atoms with E-state index < -0.39 is 0 Å². The van der Waals surface area contributed by atoms with Gasteiger partial charge in [-0.05, 0) is 44.2 Å². The fraction of sp³-hybridized carbons (Fsp3) is 0.462. The molecule has 1 N–H and O–H groups in total. The van der Waals surface area contributed by atoms with Crippen molar-refractivity contribution in [3.8, 4) is 11.8 Å². The fourth-order valence-corrected chi connectivity index (χ4v) is 1.58. The Morgan fingerprint density at radius 3 is 2.44 bits per heavy atom. The first-order valence-electron chi connectivity index (χ1n) is 5.43. The van der Waals surface area contributed by atoms with E-state index in [1.807, 2.05) is 26.0 Å². The summed E-state index contributed by atoms with van der Waals surface area (Å²) in [7, 11) is 1.78. The van der Waals surface area contributed by atoms with E-state index in [0.29, 0.717) is 13.0 Å². The van der Waals surface area contributed by atoms with Gasteiger partial charge in [0.15, 0.2) is 0 Å². The summed E-state index contributed by atoms with van der Waals surface area (Å²) >= 11 is 0. The molecular weight excluding hydrogens is 200 g/mol. The first kappa shape index (κ1) is 12.5. The van der Waals surface area contributed by atoms with Crippen molar-refractivity contribution in [2.24, 2.45) is 0 Å². The smallest absolute Gasteiger partial charge is 0.119 e. The summed E-state index contributed by atoms with van der Waals surface area (Å²) in [5, 5.41) is 11.7. The van der Waals surface area contributed by atoms with Gasteiger partial charge in [-0.2, -0.15) is 5.26 Å². The van der Waals surface area contributed by atoms with Crippen molar-refractivity contribution in [2.45, 2.75) is 26.3 Å². The molecule has 1 unspecified atom stereocenters. The topological polar surface area (TPSA) is 45.0 Å². The molecule has 1 aromatic carbocycles. The normalized spacial score (nSPS) is 11.9. The molecule has 0 bridgehead atoms. The van der Waals surface area contributed by atoms with E-state index in [4.69, 9.17) is 10.00 Å². The molecule has 86 valence electrons. The predicted molar refractivity (Wildman–Crippen MR) is 64.5 cm³/mol. The maximum absolute atomic E-state index is 8.74. The van der Waals surface area contributed by atoms with E-state index in [-0.39, 0.29) is 6.04 Å². The predicted octanol–water partition coefficient (Wildman–Crippen LogP) is 2.18. The summed E-state index contributed by atoms with van der Waals surface area (Å²) in [5.74, 6) is 0.880. The molecule has 0 spiro atoms. The summed E-state index contributed by atoms with van der Waals surface area (Å²) in [6.07, 6.45) is 0.694. The van der Waals surface area contributed by atoms with Crippen molar-refractivity contribution < 1.29 is 4.74 Å². The molecule has 0 fully saturated rings. The van der Waals surface area contributed by atoms with Gasteiger partial charge >= 0.3 is 0 Å². The first-order chi connectivity index (χ1) is 7.65. The molecule has 0 aliphatic carbocycles. The van der Waals surface area contributed by atoms with E-state index in [1.54, 1.807) is 7.05 Å². The quantitative estimate of drug-likeness (QED) is 0.824. The van der Waals surface area contributed by atoms with Crippen LogP contribution in [0.5, 0.6) is 5.75 Å². The third kappa shape index (κ3) is 3.92. The molecule has 0 aromatic heterocycles. The minimum atomic E-state index is -0.133. The zero-order valence-corrected chi connectivity index (χ0v) is 10.1. The zero-order valence-electron chi connectivity index (χ0n) is 10.1. The monoisotopic (exact) mass is 218 g/mol. The van der Waals surface area contributed by atoms with Crippen LogP contribution in [0.1, 0.15) is 17.5 Å². The molecule has 0 aliphatic heterocycles. The lowest BCUT2D eigenvalue weighted by Gasteiger charge is -2.10. The fourth-order valence-electron chi connectivity index (χ4n) is 1.58. The highest BCUT2D eigenvalue weighted by Crippen LogP contribution is 2.16. The molecular formula is C13H18N2O. The highest BCUT2D eigenvalue weighted by Gasteiger charge is 2.04. The number of nitrogens with one attached hydrogen (secondary N) is 1. The Balaban J connectivity index is 2.46. The molecule has 0 heterocycles. The maximum Gasteiger partial charge on any atom is 0.119 e. The summed E-state index contributed by atoms with van der Waals surface area (Å²) in [6.45, 7) is 4.65. The highest BCUT2D eigenvalue weighted by molar-refractivity contribution is 5.32. The van der Waals surface area contributed by atoms with E-state index in [9.17, 15) is 0 Å². The largest absolute Gasteiger partial charge is 0.493 e. The second-order valence-electron chi connectivity index (χ2n) is 3.93. The lowest BCUT2D eigenvalue weighted by molar-refractivity contribution is 0.300. The Labute approximate surface area is 97.0 Å². The minimum Gasteiger partial charge on any atom is -0.493 e. The molecule has 1 aromatic rings. The average molecular weight is 218 g/mol. The molecule has 1 atom stereocenters. The van der Waals surface area contributed by atoms with Crippen LogP contribution in [0.25, 0.3) is 0 Å². The van der Waals surface area contributed by atoms with Crippen molar-refractivity contribution in [1.29, 1.82) is 5.26 Å². The van der Waals surface area contributed by atoms with Crippen LogP contribution in [0, 0.1) is 25.2 Å². The van der Waals surface area contributed by atoms with Gasteiger partial charge in [-0.1, -0.05) is 6.07 Å². The third-order valence-electron chi connectivity index (χ3n) is 2.37. The van der Waals surface area contributed by atoms with Gasteiger partial charge in [-0.3, -0.25) is 0 Å². The van der Waals surface area contributed by atoms with Crippen molar-refractivity contribution >= 4 is 0 Å². The second-order valence-corrected chi connectivity index (χ2v) is 3.93. The van der Waals surface area contributed by atoms with Gasteiger partial charge in [0.05, 0.1) is 18.7 Å². The van der Waals surface area contributed by atoms with E-state index in [0.717, 1.165) is 5.75 Å². The summed E-state index contributed by atoms with van der Waals surface area (Å²) in [6, 6.07) is 8.16. The molecule has 0 amide bonds. The van der Waals surface area contributed by atoms with Crippen molar-refractivity contribution in [3.05, 3.63) is 29.3 Å². The Kier molecular flexibility index (Phi) is 4.81. The SMILES string of the molecule is CNC(C#N)CCOc1cc(C)cc(C)c1. The molecule has 1 rings (SSSR count). The van der Waals surface area contributed by atoms with Crippen LogP contribution in [-0.2, 0) is 0 Å². The van der Waals surface area contributed by atoms with Crippen molar-refractivity contribution in [1.82, 2.24) is 5.32 Å².